The first-order valence-electron chi connectivity index (χ1n) is 5.16. The predicted molar refractivity (Wildman–Crippen MR) is 61.6 cm³/mol. The van der Waals surface area contributed by atoms with Crippen molar-refractivity contribution >= 4 is 0 Å². The van der Waals surface area contributed by atoms with Crippen LogP contribution in [0.2, 0.25) is 0 Å². The fourth-order valence-electron chi connectivity index (χ4n) is 1.63. The van der Waals surface area contributed by atoms with Crippen LogP contribution in [-0.2, 0) is 6.54 Å². The summed E-state index contributed by atoms with van der Waals surface area (Å²) in [5, 5.41) is 12.7. The topological polar surface area (TPSA) is 63.7 Å². The Kier molecular flexibility index (Phi) is 3.06. The minimum absolute atomic E-state index is 0.177. The van der Waals surface area contributed by atoms with Crippen LogP contribution in [-0.4, -0.2) is 21.9 Å². The van der Waals surface area contributed by atoms with Crippen LogP contribution in [0.4, 0.5) is 0 Å². The van der Waals surface area contributed by atoms with E-state index < -0.39 is 0 Å². The van der Waals surface area contributed by atoms with Crippen LogP contribution >= 0.6 is 0 Å². The van der Waals surface area contributed by atoms with E-state index in [0.29, 0.717) is 6.54 Å². The lowest BCUT2D eigenvalue weighted by Gasteiger charge is -2.08. The van der Waals surface area contributed by atoms with Crippen molar-refractivity contribution in [1.82, 2.24) is 14.8 Å². The van der Waals surface area contributed by atoms with Crippen molar-refractivity contribution in [2.75, 3.05) is 7.11 Å². The van der Waals surface area contributed by atoms with Crippen molar-refractivity contribution < 1.29 is 4.74 Å². The molecule has 2 aromatic rings. The van der Waals surface area contributed by atoms with Gasteiger partial charge in [0.2, 0.25) is 0 Å². The summed E-state index contributed by atoms with van der Waals surface area (Å²) in [5.74, 6) is 0.987. The van der Waals surface area contributed by atoms with Gasteiger partial charge in [0.1, 0.15) is 18.1 Å². The highest BCUT2D eigenvalue weighted by atomic mass is 16.5. The number of benzene rings is 1. The number of hydrogen-bond acceptors (Lipinski definition) is 4. The first kappa shape index (κ1) is 11.1. The van der Waals surface area contributed by atoms with Gasteiger partial charge in [0.25, 0.3) is 5.82 Å². The van der Waals surface area contributed by atoms with E-state index in [4.69, 9.17) is 10.00 Å². The fourth-order valence-corrected chi connectivity index (χ4v) is 1.63. The molecule has 1 aromatic carbocycles. The number of ether oxygens (including phenoxy) is 1. The maximum absolute atomic E-state index is 8.65. The first-order valence-corrected chi connectivity index (χ1v) is 5.16. The predicted octanol–water partition coefficient (Wildman–Crippen LogP) is 1.52. The highest BCUT2D eigenvalue weighted by molar-refractivity contribution is 5.36. The molecule has 0 saturated heterocycles. The molecule has 1 aromatic heterocycles. The summed E-state index contributed by atoms with van der Waals surface area (Å²) in [5.41, 5.74) is 2.17. The summed E-state index contributed by atoms with van der Waals surface area (Å²) in [4.78, 5) is 3.86. The van der Waals surface area contributed by atoms with E-state index in [2.05, 4.69) is 10.1 Å². The highest BCUT2D eigenvalue weighted by Gasteiger charge is 2.06. The summed E-state index contributed by atoms with van der Waals surface area (Å²) in [6, 6.07) is 7.85. The van der Waals surface area contributed by atoms with E-state index in [9.17, 15) is 0 Å². The number of rotatable bonds is 3. The molecule has 0 radical (unpaired) electrons. The quantitative estimate of drug-likeness (QED) is 0.798. The SMILES string of the molecule is COc1ccc(C)cc1Cn1cnc(C#N)n1. The maximum Gasteiger partial charge on any atom is 0.252 e. The smallest absolute Gasteiger partial charge is 0.252 e. The zero-order valence-electron chi connectivity index (χ0n) is 9.71. The van der Waals surface area contributed by atoms with Gasteiger partial charge >= 0.3 is 0 Å². The van der Waals surface area contributed by atoms with Crippen LogP contribution in [0, 0.1) is 18.3 Å². The minimum Gasteiger partial charge on any atom is -0.496 e. The van der Waals surface area contributed by atoms with Gasteiger partial charge in [-0.15, -0.1) is 5.10 Å². The molecule has 0 aliphatic carbocycles. The Labute approximate surface area is 99.3 Å². The fraction of sp³-hybridized carbons (Fsp3) is 0.250. The number of nitrogens with zero attached hydrogens (tertiary/aromatic N) is 4. The van der Waals surface area contributed by atoms with Gasteiger partial charge in [-0.3, -0.25) is 0 Å². The van der Waals surface area contributed by atoms with E-state index in [1.54, 1.807) is 18.1 Å². The number of methoxy groups -OCH3 is 1. The number of aryl methyl sites for hydroxylation is 1. The molecule has 5 nitrogen and oxygen atoms in total. The van der Waals surface area contributed by atoms with Crippen LogP contribution in [0.5, 0.6) is 5.75 Å². The number of aromatic nitrogens is 3. The Balaban J connectivity index is 2.29. The van der Waals surface area contributed by atoms with E-state index in [0.717, 1.165) is 16.9 Å². The Morgan fingerprint density at radius 2 is 2.29 bits per heavy atom. The standard InChI is InChI=1S/C12H12N4O/c1-9-3-4-11(17-2)10(5-9)7-16-8-14-12(6-13)15-16/h3-5,8H,7H2,1-2H3. The molecule has 5 heteroatoms. The molecule has 86 valence electrons. The Morgan fingerprint density at radius 3 is 2.94 bits per heavy atom. The Morgan fingerprint density at radius 1 is 1.47 bits per heavy atom. The van der Waals surface area contributed by atoms with Gasteiger partial charge in [-0.05, 0) is 13.0 Å². The van der Waals surface area contributed by atoms with Crippen LogP contribution in [0.1, 0.15) is 17.0 Å². The molecule has 2 rings (SSSR count). The van der Waals surface area contributed by atoms with Crippen molar-refractivity contribution in [2.24, 2.45) is 0 Å². The number of hydrogen-bond donors (Lipinski definition) is 0. The van der Waals surface area contributed by atoms with Crippen molar-refractivity contribution in [2.45, 2.75) is 13.5 Å². The van der Waals surface area contributed by atoms with Crippen LogP contribution in [0.15, 0.2) is 24.5 Å². The monoisotopic (exact) mass is 228 g/mol. The third-order valence-corrected chi connectivity index (χ3v) is 2.40. The average Bonchev–Trinajstić information content (AvgIpc) is 2.77. The second-order valence-electron chi connectivity index (χ2n) is 3.69. The zero-order valence-corrected chi connectivity index (χ0v) is 9.71. The van der Waals surface area contributed by atoms with Crippen molar-refractivity contribution in [1.29, 1.82) is 5.26 Å². The molecule has 0 amide bonds. The summed E-state index contributed by atoms with van der Waals surface area (Å²) in [6.45, 7) is 2.56. The normalized spacial score (nSPS) is 9.94. The van der Waals surface area contributed by atoms with Crippen LogP contribution < -0.4 is 4.74 Å². The molecule has 0 spiro atoms. The maximum atomic E-state index is 8.65. The lowest BCUT2D eigenvalue weighted by Crippen LogP contribution is -2.03. The second-order valence-corrected chi connectivity index (χ2v) is 3.69. The molecular formula is C12H12N4O. The van der Waals surface area contributed by atoms with Gasteiger partial charge in [-0.2, -0.15) is 5.26 Å². The highest BCUT2D eigenvalue weighted by Crippen LogP contribution is 2.20. The van der Waals surface area contributed by atoms with E-state index in [-0.39, 0.29) is 5.82 Å². The number of nitriles is 1. The lowest BCUT2D eigenvalue weighted by molar-refractivity contribution is 0.407. The van der Waals surface area contributed by atoms with Gasteiger partial charge in [-0.1, -0.05) is 17.7 Å². The lowest BCUT2D eigenvalue weighted by atomic mass is 10.1. The third kappa shape index (κ3) is 2.42. The molecule has 0 unspecified atom stereocenters. The molecule has 0 fully saturated rings. The zero-order chi connectivity index (χ0) is 12.3. The molecule has 17 heavy (non-hydrogen) atoms. The summed E-state index contributed by atoms with van der Waals surface area (Å²) in [6.07, 6.45) is 1.54. The molecule has 1 heterocycles. The largest absolute Gasteiger partial charge is 0.496 e. The minimum atomic E-state index is 0.177. The molecule has 0 aliphatic rings. The molecule has 0 bridgehead atoms. The van der Waals surface area contributed by atoms with Gasteiger partial charge in [0, 0.05) is 5.56 Å². The summed E-state index contributed by atoms with van der Waals surface area (Å²) < 4.78 is 6.90. The van der Waals surface area contributed by atoms with Crippen LogP contribution in [0.3, 0.4) is 0 Å². The molecule has 0 N–H and O–H groups in total. The molecule has 0 saturated carbocycles. The van der Waals surface area contributed by atoms with Crippen molar-refractivity contribution in [3.05, 3.63) is 41.5 Å². The van der Waals surface area contributed by atoms with Crippen molar-refractivity contribution in [3.8, 4) is 11.8 Å². The first-order chi connectivity index (χ1) is 8.22. The second kappa shape index (κ2) is 4.66. The van der Waals surface area contributed by atoms with Crippen molar-refractivity contribution in [3.63, 3.8) is 0 Å². The summed E-state index contributed by atoms with van der Waals surface area (Å²) >= 11 is 0. The van der Waals surface area contributed by atoms with E-state index in [1.807, 2.05) is 31.2 Å². The Hall–Kier alpha value is -2.35. The van der Waals surface area contributed by atoms with E-state index in [1.165, 1.54) is 0 Å². The third-order valence-electron chi connectivity index (χ3n) is 2.40. The molecule has 0 atom stereocenters. The van der Waals surface area contributed by atoms with Crippen LogP contribution in [0.25, 0.3) is 0 Å². The van der Waals surface area contributed by atoms with Gasteiger partial charge in [0.05, 0.1) is 13.7 Å². The van der Waals surface area contributed by atoms with Gasteiger partial charge in [0.15, 0.2) is 0 Å². The summed E-state index contributed by atoms with van der Waals surface area (Å²) in [7, 11) is 1.64. The van der Waals surface area contributed by atoms with Gasteiger partial charge in [-0.25, -0.2) is 9.67 Å². The Bertz CT molecular complexity index is 568. The average molecular weight is 228 g/mol. The molecular weight excluding hydrogens is 216 g/mol. The van der Waals surface area contributed by atoms with E-state index >= 15 is 0 Å². The molecule has 0 aliphatic heterocycles. The van der Waals surface area contributed by atoms with Gasteiger partial charge < -0.3 is 4.74 Å².